The summed E-state index contributed by atoms with van der Waals surface area (Å²) >= 11 is 6.57. The third kappa shape index (κ3) is 2.04. The molecule has 0 atom stereocenters. The number of methoxy groups -OCH3 is 1. The predicted octanol–water partition coefficient (Wildman–Crippen LogP) is 5.29. The molecule has 0 fully saturated rings. The number of fused-ring (bicyclic) bond motifs is 4. The second-order valence-corrected chi connectivity index (χ2v) is 6.34. The van der Waals surface area contributed by atoms with E-state index in [0.717, 1.165) is 38.2 Å². The van der Waals surface area contributed by atoms with Crippen molar-refractivity contribution < 1.29 is 4.74 Å². The largest absolute Gasteiger partial charge is 0.378 e. The molecule has 2 aromatic heterocycles. The van der Waals surface area contributed by atoms with E-state index in [4.69, 9.17) is 21.3 Å². The van der Waals surface area contributed by atoms with Gasteiger partial charge in [0.05, 0.1) is 28.2 Å². The molecule has 0 aliphatic heterocycles. The first-order chi connectivity index (χ1) is 11.1. The zero-order valence-corrected chi connectivity index (χ0v) is 14.1. The fourth-order valence-corrected chi connectivity index (χ4v) is 3.83. The second-order valence-electron chi connectivity index (χ2n) is 5.93. The van der Waals surface area contributed by atoms with E-state index in [1.165, 1.54) is 16.3 Å². The predicted molar refractivity (Wildman–Crippen MR) is 96.3 cm³/mol. The number of aryl methyl sites for hydroxylation is 2. The van der Waals surface area contributed by atoms with Crippen LogP contribution in [0.2, 0.25) is 5.02 Å². The van der Waals surface area contributed by atoms with Crippen LogP contribution in [0.25, 0.3) is 32.7 Å². The summed E-state index contributed by atoms with van der Waals surface area (Å²) in [5.74, 6) is 0. The van der Waals surface area contributed by atoms with Gasteiger partial charge in [-0.05, 0) is 37.1 Å². The number of aromatic amines is 1. The molecule has 0 radical (unpaired) electrons. The van der Waals surface area contributed by atoms with Crippen LogP contribution in [-0.2, 0) is 11.3 Å². The van der Waals surface area contributed by atoms with Gasteiger partial charge in [-0.2, -0.15) is 0 Å². The van der Waals surface area contributed by atoms with Crippen molar-refractivity contribution in [3.05, 3.63) is 52.2 Å². The summed E-state index contributed by atoms with van der Waals surface area (Å²) in [7, 11) is 1.68. The van der Waals surface area contributed by atoms with Gasteiger partial charge in [0.1, 0.15) is 0 Å². The highest BCUT2D eigenvalue weighted by Gasteiger charge is 2.17. The summed E-state index contributed by atoms with van der Waals surface area (Å²) < 4.78 is 5.24. The van der Waals surface area contributed by atoms with Crippen LogP contribution in [0.15, 0.2) is 30.3 Å². The van der Waals surface area contributed by atoms with Crippen molar-refractivity contribution in [2.75, 3.05) is 7.11 Å². The van der Waals surface area contributed by atoms with E-state index in [0.29, 0.717) is 6.61 Å². The van der Waals surface area contributed by atoms with Crippen LogP contribution < -0.4 is 0 Å². The third-order valence-corrected chi connectivity index (χ3v) is 4.80. The van der Waals surface area contributed by atoms with Gasteiger partial charge in [-0.3, -0.25) is 0 Å². The zero-order valence-electron chi connectivity index (χ0n) is 13.3. The molecule has 0 saturated carbocycles. The quantitative estimate of drug-likeness (QED) is 0.544. The van der Waals surface area contributed by atoms with E-state index in [1.54, 1.807) is 7.11 Å². The van der Waals surface area contributed by atoms with E-state index in [2.05, 4.69) is 37.0 Å². The summed E-state index contributed by atoms with van der Waals surface area (Å²) in [6.07, 6.45) is 0. The lowest BCUT2D eigenvalue weighted by molar-refractivity contribution is 0.182. The standard InChI is InChI=1S/C19H17ClN2O/c1-10-16-13-6-4-5-7-15(13)22-18(16)11(2)17-14(20)8-12(9-23-3)21-19(10)17/h4-8,21H,9H2,1-3H3. The molecular weight excluding hydrogens is 308 g/mol. The van der Waals surface area contributed by atoms with Crippen molar-refractivity contribution in [1.29, 1.82) is 0 Å². The number of hydrogen-bond acceptors (Lipinski definition) is 2. The van der Waals surface area contributed by atoms with Gasteiger partial charge in [0, 0.05) is 29.0 Å². The Morgan fingerprint density at radius 3 is 2.70 bits per heavy atom. The van der Waals surface area contributed by atoms with Gasteiger partial charge in [0.2, 0.25) is 0 Å². The summed E-state index contributed by atoms with van der Waals surface area (Å²) in [4.78, 5) is 8.32. The molecule has 0 aliphatic rings. The maximum absolute atomic E-state index is 6.57. The number of benzene rings is 2. The summed E-state index contributed by atoms with van der Waals surface area (Å²) in [5.41, 5.74) is 6.38. The highest BCUT2D eigenvalue weighted by Crippen LogP contribution is 2.38. The molecule has 4 aromatic rings. The number of H-pyrrole nitrogens is 1. The lowest BCUT2D eigenvalue weighted by Crippen LogP contribution is -1.97. The second kappa shape index (κ2) is 5.22. The highest BCUT2D eigenvalue weighted by molar-refractivity contribution is 6.36. The Morgan fingerprint density at radius 2 is 1.91 bits per heavy atom. The topological polar surface area (TPSA) is 37.9 Å². The first kappa shape index (κ1) is 14.5. The Hall–Kier alpha value is -2.10. The van der Waals surface area contributed by atoms with Crippen molar-refractivity contribution in [1.82, 2.24) is 9.97 Å². The molecule has 0 saturated heterocycles. The number of ether oxygens (including phenoxy) is 1. The normalized spacial score (nSPS) is 11.8. The lowest BCUT2D eigenvalue weighted by atomic mass is 9.98. The molecule has 0 aliphatic carbocycles. The Kier molecular flexibility index (Phi) is 3.29. The number of nitrogens with one attached hydrogen (secondary N) is 1. The van der Waals surface area contributed by atoms with E-state index in [9.17, 15) is 0 Å². The van der Waals surface area contributed by atoms with Crippen LogP contribution in [0.3, 0.4) is 0 Å². The van der Waals surface area contributed by atoms with E-state index in [1.807, 2.05) is 12.1 Å². The molecule has 0 amide bonds. The number of nitrogens with zero attached hydrogens (tertiary/aromatic N) is 1. The van der Waals surface area contributed by atoms with Crippen molar-refractivity contribution in [2.24, 2.45) is 0 Å². The first-order valence-electron chi connectivity index (χ1n) is 7.59. The highest BCUT2D eigenvalue weighted by atomic mass is 35.5. The number of halogens is 1. The molecule has 2 aromatic carbocycles. The minimum atomic E-state index is 0.506. The molecule has 2 heterocycles. The molecule has 1 N–H and O–H groups in total. The molecule has 0 bridgehead atoms. The van der Waals surface area contributed by atoms with Crippen LogP contribution in [0, 0.1) is 13.8 Å². The molecule has 3 nitrogen and oxygen atoms in total. The minimum absolute atomic E-state index is 0.506. The average molecular weight is 325 g/mol. The van der Waals surface area contributed by atoms with Gasteiger partial charge in [-0.1, -0.05) is 29.8 Å². The molecule has 0 spiro atoms. The summed E-state index contributed by atoms with van der Waals surface area (Å²) in [6, 6.07) is 10.2. The third-order valence-electron chi connectivity index (χ3n) is 4.50. The lowest BCUT2D eigenvalue weighted by Gasteiger charge is -2.13. The Bertz CT molecular complexity index is 1070. The fraction of sp³-hybridized carbons (Fsp3) is 0.211. The van der Waals surface area contributed by atoms with Gasteiger partial charge in [0.25, 0.3) is 0 Å². The van der Waals surface area contributed by atoms with Crippen molar-refractivity contribution in [3.63, 3.8) is 0 Å². The molecule has 23 heavy (non-hydrogen) atoms. The Labute approximate surface area is 139 Å². The van der Waals surface area contributed by atoms with E-state index in [-0.39, 0.29) is 0 Å². The summed E-state index contributed by atoms with van der Waals surface area (Å²) in [6.45, 7) is 4.72. The van der Waals surface area contributed by atoms with Crippen molar-refractivity contribution in [3.8, 4) is 0 Å². The number of pyridine rings is 1. The van der Waals surface area contributed by atoms with Gasteiger partial charge in [0.15, 0.2) is 0 Å². The van der Waals surface area contributed by atoms with Crippen LogP contribution >= 0.6 is 11.6 Å². The number of hydrogen-bond donors (Lipinski definition) is 1. The van der Waals surface area contributed by atoms with E-state index < -0.39 is 0 Å². The molecule has 0 unspecified atom stereocenters. The van der Waals surface area contributed by atoms with Gasteiger partial charge in [-0.15, -0.1) is 0 Å². The molecular formula is C19H17ClN2O. The number of aromatic nitrogens is 2. The van der Waals surface area contributed by atoms with Gasteiger partial charge >= 0.3 is 0 Å². The van der Waals surface area contributed by atoms with Gasteiger partial charge < -0.3 is 9.72 Å². The van der Waals surface area contributed by atoms with E-state index >= 15 is 0 Å². The van der Waals surface area contributed by atoms with Crippen LogP contribution in [0.4, 0.5) is 0 Å². The minimum Gasteiger partial charge on any atom is -0.378 e. The van der Waals surface area contributed by atoms with Crippen LogP contribution in [0.5, 0.6) is 0 Å². The average Bonchev–Trinajstić information content (AvgIpc) is 2.92. The van der Waals surface area contributed by atoms with Gasteiger partial charge in [-0.25, -0.2) is 4.98 Å². The van der Waals surface area contributed by atoms with Crippen molar-refractivity contribution in [2.45, 2.75) is 20.5 Å². The maximum atomic E-state index is 6.57. The molecule has 4 rings (SSSR count). The maximum Gasteiger partial charge on any atom is 0.0862 e. The van der Waals surface area contributed by atoms with Crippen molar-refractivity contribution >= 4 is 44.3 Å². The smallest absolute Gasteiger partial charge is 0.0862 e. The molecule has 116 valence electrons. The number of rotatable bonds is 2. The fourth-order valence-electron chi connectivity index (χ4n) is 3.47. The zero-order chi connectivity index (χ0) is 16.1. The number of para-hydroxylation sites is 1. The Balaban J connectivity index is 2.24. The van der Waals surface area contributed by atoms with Crippen LogP contribution in [0.1, 0.15) is 16.8 Å². The SMILES string of the molecule is COCc1cc(Cl)c2c(C)c3nc4ccccc4c3c(C)c2[nH]1. The summed E-state index contributed by atoms with van der Waals surface area (Å²) in [5, 5.41) is 4.17. The first-order valence-corrected chi connectivity index (χ1v) is 7.97. The Morgan fingerprint density at radius 1 is 1.13 bits per heavy atom. The molecule has 4 heteroatoms. The van der Waals surface area contributed by atoms with Crippen LogP contribution in [-0.4, -0.2) is 17.1 Å². The monoisotopic (exact) mass is 324 g/mol.